The zero-order valence-corrected chi connectivity index (χ0v) is 17.0. The van der Waals surface area contributed by atoms with Gasteiger partial charge >= 0.3 is 0 Å². The summed E-state index contributed by atoms with van der Waals surface area (Å²) in [5, 5.41) is 1.12. The highest BCUT2D eigenvalue weighted by Gasteiger charge is 2.24. The third-order valence-electron chi connectivity index (χ3n) is 5.57. The number of hydrogen-bond donors (Lipinski definition) is 1. The van der Waals surface area contributed by atoms with Crippen LogP contribution in [-0.4, -0.2) is 67.1 Å². The number of ether oxygens (including phenoxy) is 2. The van der Waals surface area contributed by atoms with Gasteiger partial charge in [-0.05, 0) is 42.8 Å². The predicted octanol–water partition coefficient (Wildman–Crippen LogP) is 3.32. The van der Waals surface area contributed by atoms with Crippen LogP contribution < -0.4 is 9.47 Å². The summed E-state index contributed by atoms with van der Waals surface area (Å²) in [5.41, 5.74) is 2.76. The molecule has 6 heteroatoms. The molecule has 0 aliphatic carbocycles. The summed E-state index contributed by atoms with van der Waals surface area (Å²) >= 11 is 0. The third kappa shape index (κ3) is 4.22. The van der Waals surface area contributed by atoms with Gasteiger partial charge in [-0.2, -0.15) is 0 Å². The zero-order valence-electron chi connectivity index (χ0n) is 17.0. The standard InChI is InChI=1S/C23H27N3O3/c1-17-20-5-3-4-6-21(20)24-22(17)23(27)26-13-11-25(12-14-26)15-16-29-19-9-7-18(28-2)8-10-19/h3-10,24H,11-16H2,1-2H3. The Labute approximate surface area is 171 Å². The Hall–Kier alpha value is -2.99. The van der Waals surface area contributed by atoms with Gasteiger partial charge in [-0.25, -0.2) is 0 Å². The summed E-state index contributed by atoms with van der Waals surface area (Å²) in [6.07, 6.45) is 0. The van der Waals surface area contributed by atoms with Gasteiger partial charge in [0, 0.05) is 43.6 Å². The Morgan fingerprint density at radius 2 is 1.69 bits per heavy atom. The van der Waals surface area contributed by atoms with Gasteiger partial charge in [-0.1, -0.05) is 18.2 Å². The maximum atomic E-state index is 13.0. The minimum atomic E-state index is 0.0906. The van der Waals surface area contributed by atoms with Crippen molar-refractivity contribution in [1.82, 2.24) is 14.8 Å². The first-order valence-electron chi connectivity index (χ1n) is 10.0. The van der Waals surface area contributed by atoms with E-state index in [-0.39, 0.29) is 5.91 Å². The second kappa shape index (κ2) is 8.57. The summed E-state index contributed by atoms with van der Waals surface area (Å²) < 4.78 is 11.0. The van der Waals surface area contributed by atoms with Crippen LogP contribution in [0.25, 0.3) is 10.9 Å². The number of methoxy groups -OCH3 is 1. The molecule has 3 aromatic rings. The molecular weight excluding hydrogens is 366 g/mol. The smallest absolute Gasteiger partial charge is 0.270 e. The second-order valence-corrected chi connectivity index (χ2v) is 7.33. The van der Waals surface area contributed by atoms with Gasteiger partial charge in [0.05, 0.1) is 7.11 Å². The largest absolute Gasteiger partial charge is 0.497 e. The number of piperazine rings is 1. The Kier molecular flexibility index (Phi) is 5.71. The lowest BCUT2D eigenvalue weighted by atomic mass is 10.1. The molecule has 1 N–H and O–H groups in total. The van der Waals surface area contributed by atoms with Crippen molar-refractivity contribution in [3.05, 3.63) is 59.8 Å². The van der Waals surface area contributed by atoms with E-state index in [4.69, 9.17) is 9.47 Å². The fourth-order valence-corrected chi connectivity index (χ4v) is 3.79. The molecule has 2 heterocycles. The number of H-pyrrole nitrogens is 1. The quantitative estimate of drug-likeness (QED) is 0.698. The monoisotopic (exact) mass is 393 g/mol. The van der Waals surface area contributed by atoms with E-state index >= 15 is 0 Å². The van der Waals surface area contributed by atoms with E-state index in [1.807, 2.05) is 54.3 Å². The molecular formula is C23H27N3O3. The van der Waals surface area contributed by atoms with Gasteiger partial charge in [-0.15, -0.1) is 0 Å². The van der Waals surface area contributed by atoms with Crippen LogP contribution in [0.1, 0.15) is 16.1 Å². The van der Waals surface area contributed by atoms with Crippen molar-refractivity contribution in [1.29, 1.82) is 0 Å². The van der Waals surface area contributed by atoms with Crippen molar-refractivity contribution in [3.63, 3.8) is 0 Å². The highest BCUT2D eigenvalue weighted by molar-refractivity contribution is 6.00. The number of rotatable bonds is 6. The molecule has 1 saturated heterocycles. The maximum absolute atomic E-state index is 13.0. The van der Waals surface area contributed by atoms with Crippen LogP contribution in [0.2, 0.25) is 0 Å². The lowest BCUT2D eigenvalue weighted by Crippen LogP contribution is -2.49. The van der Waals surface area contributed by atoms with Gasteiger partial charge in [0.2, 0.25) is 0 Å². The van der Waals surface area contributed by atoms with Crippen molar-refractivity contribution in [3.8, 4) is 11.5 Å². The van der Waals surface area contributed by atoms with Crippen LogP contribution >= 0.6 is 0 Å². The maximum Gasteiger partial charge on any atom is 0.270 e. The summed E-state index contributed by atoms with van der Waals surface area (Å²) in [4.78, 5) is 20.6. The molecule has 4 rings (SSSR count). The number of aromatic amines is 1. The highest BCUT2D eigenvalue weighted by Crippen LogP contribution is 2.23. The Balaban J connectivity index is 1.27. The van der Waals surface area contributed by atoms with E-state index in [1.54, 1.807) is 7.11 Å². The molecule has 0 spiro atoms. The zero-order chi connectivity index (χ0) is 20.2. The Morgan fingerprint density at radius 3 is 2.38 bits per heavy atom. The molecule has 0 atom stereocenters. The molecule has 6 nitrogen and oxygen atoms in total. The number of carbonyl (C=O) groups is 1. The van der Waals surface area contributed by atoms with Crippen LogP contribution in [0, 0.1) is 6.92 Å². The van der Waals surface area contributed by atoms with Gasteiger partial charge in [0.1, 0.15) is 23.8 Å². The number of nitrogens with zero attached hydrogens (tertiary/aromatic N) is 2. The summed E-state index contributed by atoms with van der Waals surface area (Å²) in [5.74, 6) is 1.75. The minimum absolute atomic E-state index is 0.0906. The van der Waals surface area contributed by atoms with E-state index in [1.165, 1.54) is 0 Å². The fourth-order valence-electron chi connectivity index (χ4n) is 3.79. The minimum Gasteiger partial charge on any atom is -0.497 e. The van der Waals surface area contributed by atoms with Crippen LogP contribution in [0.4, 0.5) is 0 Å². The van der Waals surface area contributed by atoms with E-state index < -0.39 is 0 Å². The molecule has 1 fully saturated rings. The van der Waals surface area contributed by atoms with E-state index in [2.05, 4.69) is 16.0 Å². The van der Waals surface area contributed by atoms with Crippen LogP contribution in [0.5, 0.6) is 11.5 Å². The van der Waals surface area contributed by atoms with Crippen LogP contribution in [-0.2, 0) is 0 Å². The van der Waals surface area contributed by atoms with Crippen molar-refractivity contribution < 1.29 is 14.3 Å². The number of aryl methyl sites for hydroxylation is 1. The molecule has 1 aliphatic heterocycles. The Morgan fingerprint density at radius 1 is 1.00 bits per heavy atom. The lowest BCUT2D eigenvalue weighted by molar-refractivity contribution is 0.0615. The average Bonchev–Trinajstić information content (AvgIpc) is 3.11. The fraction of sp³-hybridized carbons (Fsp3) is 0.348. The first-order valence-corrected chi connectivity index (χ1v) is 10.0. The van der Waals surface area contributed by atoms with Crippen molar-refractivity contribution in [2.45, 2.75) is 6.92 Å². The third-order valence-corrected chi connectivity index (χ3v) is 5.57. The Bertz CT molecular complexity index is 973. The van der Waals surface area contributed by atoms with Crippen molar-refractivity contribution >= 4 is 16.8 Å². The SMILES string of the molecule is COc1ccc(OCCN2CCN(C(=O)c3[nH]c4ccccc4c3C)CC2)cc1. The van der Waals surface area contributed by atoms with Gasteiger partial charge < -0.3 is 19.4 Å². The first-order chi connectivity index (χ1) is 14.2. The molecule has 0 saturated carbocycles. The number of hydrogen-bond acceptors (Lipinski definition) is 4. The normalized spacial score (nSPS) is 14.9. The van der Waals surface area contributed by atoms with Crippen LogP contribution in [0.15, 0.2) is 48.5 Å². The van der Waals surface area contributed by atoms with E-state index in [9.17, 15) is 4.79 Å². The average molecular weight is 393 g/mol. The van der Waals surface area contributed by atoms with Gasteiger partial charge in [0.25, 0.3) is 5.91 Å². The topological polar surface area (TPSA) is 57.8 Å². The molecule has 2 aromatic carbocycles. The second-order valence-electron chi connectivity index (χ2n) is 7.33. The van der Waals surface area contributed by atoms with Gasteiger partial charge in [-0.3, -0.25) is 9.69 Å². The van der Waals surface area contributed by atoms with Crippen molar-refractivity contribution in [2.24, 2.45) is 0 Å². The molecule has 0 radical (unpaired) electrons. The molecule has 1 aliphatic rings. The van der Waals surface area contributed by atoms with Gasteiger partial charge in [0.15, 0.2) is 0 Å². The number of aromatic nitrogens is 1. The van der Waals surface area contributed by atoms with E-state index in [0.717, 1.165) is 60.7 Å². The molecule has 1 amide bonds. The number of carbonyl (C=O) groups excluding carboxylic acids is 1. The lowest BCUT2D eigenvalue weighted by Gasteiger charge is -2.34. The van der Waals surface area contributed by atoms with Crippen LogP contribution in [0.3, 0.4) is 0 Å². The molecule has 0 bridgehead atoms. The van der Waals surface area contributed by atoms with E-state index in [0.29, 0.717) is 12.3 Å². The molecule has 152 valence electrons. The number of benzene rings is 2. The summed E-state index contributed by atoms with van der Waals surface area (Å²) in [6, 6.07) is 15.7. The number of para-hydroxylation sites is 1. The number of fused-ring (bicyclic) bond motifs is 1. The highest BCUT2D eigenvalue weighted by atomic mass is 16.5. The molecule has 29 heavy (non-hydrogen) atoms. The number of nitrogens with one attached hydrogen (secondary N) is 1. The van der Waals surface area contributed by atoms with Crippen molar-refractivity contribution in [2.75, 3.05) is 46.4 Å². The summed E-state index contributed by atoms with van der Waals surface area (Å²) in [6.45, 7) is 6.67. The molecule has 0 unspecified atom stereocenters. The molecule has 1 aromatic heterocycles. The summed E-state index contributed by atoms with van der Waals surface area (Å²) in [7, 11) is 1.65. The first kappa shape index (κ1) is 19.3. The number of amides is 1. The predicted molar refractivity (Wildman–Crippen MR) is 114 cm³/mol.